The summed E-state index contributed by atoms with van der Waals surface area (Å²) in [6.45, 7) is 33.8. The Hall–Kier alpha value is -5.05. The van der Waals surface area contributed by atoms with Crippen molar-refractivity contribution < 1.29 is 87.9 Å². The van der Waals surface area contributed by atoms with E-state index in [-0.39, 0.29) is 51.5 Å². The van der Waals surface area contributed by atoms with Crippen molar-refractivity contribution in [3.05, 3.63) is 121 Å². The maximum atomic E-state index is 13.1. The van der Waals surface area contributed by atoms with Crippen LogP contribution in [-0.4, -0.2) is 187 Å². The molecule has 37 heteroatoms. The lowest BCUT2D eigenvalue weighted by Crippen LogP contribution is -2.43. The number of hydrogen-bond acceptors (Lipinski definition) is 25. The molecule has 0 radical (unpaired) electrons. The van der Waals surface area contributed by atoms with Crippen LogP contribution in [0.3, 0.4) is 0 Å². The SMILES string of the molecule is CC(C)N(C(C)C)P(OCCC#N)N(C(C)C)C(C)C.CCOP(=O)(/C=C/[C@H]1O[C@@H](n2ccc(=O)[nH]c2=O)[C@@H](OC)C1O)OCC.CCOP(=O)(/C=C/[C@H]1O[C@@H](n2ccc(=O)[nH]c2=O)[C@@H](OC)C1OP(OCCC#N)N(C(C)C)C(C)C)OCC.O=C(O)C(F)(F)F.c1ccncc1. The highest BCUT2D eigenvalue weighted by molar-refractivity contribution is 7.57. The number of rotatable bonds is 33. The van der Waals surface area contributed by atoms with Crippen molar-refractivity contribution in [2.24, 2.45) is 0 Å². The Bertz CT molecular complexity index is 3170. The lowest BCUT2D eigenvalue weighted by Gasteiger charge is -2.45. The zero-order chi connectivity index (χ0) is 74.7. The van der Waals surface area contributed by atoms with Gasteiger partial charge in [-0.05, 0) is 135 Å². The summed E-state index contributed by atoms with van der Waals surface area (Å²) in [6, 6.07) is 14.0. The summed E-state index contributed by atoms with van der Waals surface area (Å²) in [6.07, 6.45) is -3.01. The molecule has 5 rings (SSSR count). The molecule has 0 bridgehead atoms. The van der Waals surface area contributed by atoms with Gasteiger partial charge in [0.2, 0.25) is 0 Å². The van der Waals surface area contributed by atoms with Gasteiger partial charge < -0.3 is 60.8 Å². The number of halogens is 3. The van der Waals surface area contributed by atoms with E-state index in [0.717, 1.165) is 10.6 Å². The average molecular weight is 1480 g/mol. The van der Waals surface area contributed by atoms with Gasteiger partial charge in [0.25, 0.3) is 19.6 Å². The number of carbonyl (C=O) groups is 1. The second kappa shape index (κ2) is 46.5. The Labute approximate surface area is 574 Å². The molecule has 2 aliphatic rings. The van der Waals surface area contributed by atoms with Gasteiger partial charge in [-0.25, -0.2) is 28.4 Å². The van der Waals surface area contributed by atoms with Crippen molar-refractivity contribution in [3.63, 3.8) is 0 Å². The molecule has 4 N–H and O–H groups in total. The fraction of sp³-hybridized carbons (Fsp3) is 0.672. The average Bonchev–Trinajstić information content (AvgIpc) is 1.63. The molecule has 0 spiro atoms. The zero-order valence-corrected chi connectivity index (χ0v) is 62.6. The van der Waals surface area contributed by atoms with E-state index in [1.165, 1.54) is 61.0 Å². The van der Waals surface area contributed by atoms with Gasteiger partial charge in [0.1, 0.15) is 36.6 Å². The molecule has 0 saturated carbocycles. The largest absolute Gasteiger partial charge is 0.490 e. The van der Waals surface area contributed by atoms with E-state index in [4.69, 9.17) is 71.0 Å². The van der Waals surface area contributed by atoms with Crippen LogP contribution in [0.15, 0.2) is 98.1 Å². The van der Waals surface area contributed by atoms with E-state index in [2.05, 4.69) is 91.8 Å². The predicted octanol–water partition coefficient (Wildman–Crippen LogP) is 10.6. The molecule has 3 unspecified atom stereocenters. The highest BCUT2D eigenvalue weighted by Crippen LogP contribution is 2.54. The van der Waals surface area contributed by atoms with Crippen LogP contribution < -0.4 is 22.5 Å². The fourth-order valence-corrected chi connectivity index (χ4v) is 16.2. The van der Waals surface area contributed by atoms with Crippen molar-refractivity contribution in [3.8, 4) is 12.1 Å². The number of carboxylic acids is 1. The summed E-state index contributed by atoms with van der Waals surface area (Å²) in [7, 11) is -6.81. The number of aliphatic carboxylic acids is 1. The Balaban J connectivity index is 0.000000700. The number of aliphatic hydroxyl groups is 1. The number of aromatic amines is 2. The number of alkyl halides is 3. The number of pyridine rings is 1. The summed E-state index contributed by atoms with van der Waals surface area (Å²) < 4.78 is 129. The van der Waals surface area contributed by atoms with Gasteiger partial charge in [-0.3, -0.25) is 42.8 Å². The maximum Gasteiger partial charge on any atom is 0.490 e. The highest BCUT2D eigenvalue weighted by atomic mass is 31.2. The van der Waals surface area contributed by atoms with Gasteiger partial charge in [0.15, 0.2) is 20.9 Å². The molecule has 2 saturated heterocycles. The second-order valence-corrected chi connectivity index (χ2v) is 29.3. The zero-order valence-electron chi connectivity index (χ0n) is 59.0. The van der Waals surface area contributed by atoms with Crippen LogP contribution in [0.2, 0.25) is 0 Å². The molecule has 556 valence electrons. The molecular weight excluding hydrogens is 1370 g/mol. The second-order valence-electron chi connectivity index (χ2n) is 22.4. The first-order chi connectivity index (χ1) is 46.0. The van der Waals surface area contributed by atoms with Crippen molar-refractivity contribution in [1.29, 1.82) is 10.5 Å². The minimum Gasteiger partial charge on any atom is -0.475 e. The van der Waals surface area contributed by atoms with Crippen LogP contribution in [-0.2, 0) is 64.5 Å². The monoisotopic (exact) mass is 1470 g/mol. The number of H-pyrrole nitrogens is 2. The van der Waals surface area contributed by atoms with Crippen LogP contribution in [0.1, 0.15) is 136 Å². The number of aliphatic hydroxyl groups excluding tert-OH is 1. The van der Waals surface area contributed by atoms with Gasteiger partial charge in [-0.15, -0.1) is 0 Å². The molecule has 5 heterocycles. The van der Waals surface area contributed by atoms with Crippen LogP contribution in [0.25, 0.3) is 0 Å². The molecule has 2 fully saturated rings. The number of hydrogen-bond donors (Lipinski definition) is 4. The fourth-order valence-electron chi connectivity index (χ4n) is 9.45. The lowest BCUT2D eigenvalue weighted by molar-refractivity contribution is -0.192. The van der Waals surface area contributed by atoms with Gasteiger partial charge in [0.05, 0.1) is 64.6 Å². The molecule has 3 aromatic rings. The molecule has 0 amide bonds. The predicted molar refractivity (Wildman–Crippen MR) is 363 cm³/mol. The van der Waals surface area contributed by atoms with Gasteiger partial charge in [0, 0.05) is 99.0 Å². The summed E-state index contributed by atoms with van der Waals surface area (Å²) in [5.41, 5.74) is -2.49. The van der Waals surface area contributed by atoms with E-state index in [9.17, 15) is 46.6 Å². The molecule has 98 heavy (non-hydrogen) atoms. The number of aromatic nitrogens is 5. The number of carboxylic acid groups (broad SMARTS) is 1. The standard InChI is InChI=1S/C24H40N4O9P2.C15H32N3OP.C15H23N2O8P.C5H5N.C2HF3O2/c1-8-34-39(31,35-9-2)16-12-19-21(37-38(33-15-10-13-25)28(17(3)4)18(5)6)22(32-7)23(36-19)27-14-11-20(29)26-24(27)30;1-12(2)17(13(3)4)20(19-11-9-10-16)18(14(5)6)15(7)8;1-4-23-26(21,24-5-2)9-7-10-12(19)13(22-3)14(25-10)17-8-6-11(18)16-15(17)20;1-2-4-6-5-3-1;3-2(4,5)1(6)7/h11-12,14,16-19,21-23H,8-10,15H2,1-7H3,(H,26,29,30);12-15H,9,11H2,1-8H3;6-10,12-14,19H,4-5H2,1-3H3,(H,16,18,20);1-5H;(H,6,7)/b16-12+;;9-7+;;/t19-,21?,22+,23-,38?;;10-,12?,13+,14-;;/m1.1../s1. The summed E-state index contributed by atoms with van der Waals surface area (Å²) in [4.78, 5) is 64.5. The van der Waals surface area contributed by atoms with Crippen molar-refractivity contribution in [2.45, 2.75) is 215 Å². The van der Waals surface area contributed by atoms with Crippen LogP contribution in [0.4, 0.5) is 13.2 Å². The topological polar surface area (TPSA) is 373 Å². The van der Waals surface area contributed by atoms with Crippen molar-refractivity contribution >= 4 is 38.1 Å². The first-order valence-electron chi connectivity index (χ1n) is 31.6. The minimum atomic E-state index is -5.08. The molecule has 0 aromatic carbocycles. The number of nitriles is 2. The molecular formula is C61H101F3N10O20P4. The molecule has 2 aliphatic heterocycles. The van der Waals surface area contributed by atoms with E-state index >= 15 is 0 Å². The number of nitrogens with one attached hydrogen (secondary N) is 2. The van der Waals surface area contributed by atoms with Crippen LogP contribution in [0.5, 0.6) is 0 Å². The van der Waals surface area contributed by atoms with E-state index in [0.29, 0.717) is 37.2 Å². The Morgan fingerprint density at radius 3 is 1.33 bits per heavy atom. The van der Waals surface area contributed by atoms with E-state index in [1.807, 2.05) is 50.6 Å². The third kappa shape index (κ3) is 30.6. The van der Waals surface area contributed by atoms with Crippen LogP contribution in [0, 0.1) is 22.7 Å². The quantitative estimate of drug-likeness (QED) is 0.0325. The smallest absolute Gasteiger partial charge is 0.475 e. The Morgan fingerprint density at radius 1 is 0.643 bits per heavy atom. The summed E-state index contributed by atoms with van der Waals surface area (Å²) >= 11 is 0. The van der Waals surface area contributed by atoms with Crippen LogP contribution >= 0.6 is 32.2 Å². The molecule has 9 atom stereocenters. The minimum absolute atomic E-state index is 0.0317. The Kier molecular flexibility index (Phi) is 43.1. The number of nitrogens with zero attached hydrogens (tertiary/aromatic N) is 8. The lowest BCUT2D eigenvalue weighted by atomic mass is 10.1. The molecule has 0 aliphatic carbocycles. The third-order valence-corrected chi connectivity index (χ3v) is 21.8. The molecule has 3 aromatic heterocycles. The van der Waals surface area contributed by atoms with Gasteiger partial charge in [-0.2, -0.15) is 23.7 Å². The van der Waals surface area contributed by atoms with Gasteiger partial charge in [-0.1, -0.05) is 6.07 Å². The maximum absolute atomic E-state index is 13.1. The summed E-state index contributed by atoms with van der Waals surface area (Å²) in [5, 5.41) is 35.3. The molecule has 30 nitrogen and oxygen atoms in total. The summed E-state index contributed by atoms with van der Waals surface area (Å²) in [5.74, 6) is -0.223. The highest BCUT2D eigenvalue weighted by Gasteiger charge is 2.50. The first-order valence-corrected chi connectivity index (χ1v) is 37.2. The normalized spacial score (nSPS) is 20.0. The first kappa shape index (κ1) is 91.0. The van der Waals surface area contributed by atoms with E-state index in [1.54, 1.807) is 40.1 Å². The van der Waals surface area contributed by atoms with Gasteiger partial charge >= 0.3 is 38.7 Å². The third-order valence-electron chi connectivity index (χ3n) is 13.0. The number of methoxy groups -OCH3 is 2. The van der Waals surface area contributed by atoms with Crippen molar-refractivity contribution in [2.75, 3.05) is 53.9 Å². The number of ether oxygens (including phenoxy) is 4. The Morgan fingerprint density at radius 2 is 1.01 bits per heavy atom. The van der Waals surface area contributed by atoms with Crippen molar-refractivity contribution in [1.82, 2.24) is 38.1 Å². The van der Waals surface area contributed by atoms with E-state index < -0.39 is 116 Å².